The molecule has 8 heteroatoms. The smallest absolute Gasteiger partial charge is 0.191 e. The molecule has 2 heterocycles. The predicted octanol–water partition coefficient (Wildman–Crippen LogP) is 3.00. The van der Waals surface area contributed by atoms with Gasteiger partial charge in [0.15, 0.2) is 5.96 Å². The molecule has 0 aromatic carbocycles. The molecule has 2 N–H and O–H groups in total. The number of nitrogens with zero attached hydrogens (tertiary/aromatic N) is 4. The lowest BCUT2D eigenvalue weighted by Crippen LogP contribution is -2.42. The first-order valence-corrected chi connectivity index (χ1v) is 8.35. The van der Waals surface area contributed by atoms with E-state index in [0.29, 0.717) is 11.7 Å². The molecule has 2 aromatic heterocycles. The summed E-state index contributed by atoms with van der Waals surface area (Å²) in [5.41, 5.74) is 4.62. The molecule has 0 aliphatic carbocycles. The molecule has 6 nitrogen and oxygen atoms in total. The summed E-state index contributed by atoms with van der Waals surface area (Å²) in [6.07, 6.45) is 2.66. The number of nitrogens with one attached hydrogen (secondary N) is 2. The lowest BCUT2D eigenvalue weighted by Gasteiger charge is -2.18. The van der Waals surface area contributed by atoms with E-state index >= 15 is 0 Å². The van der Waals surface area contributed by atoms with Gasteiger partial charge >= 0.3 is 0 Å². The maximum absolute atomic E-state index is 5.80. The standard InChI is InChI=1S/C17H25ClN6.HI/c1-11(8-15-12(2)23-24(5)13(15)3)22-17(19-4)21-10-14-6-7-16(18)20-9-14;/h6-7,9,11H,8,10H2,1-5H3,(H2,19,21,22);1H. The van der Waals surface area contributed by atoms with Crippen LogP contribution in [0.5, 0.6) is 0 Å². The molecule has 2 rings (SSSR count). The summed E-state index contributed by atoms with van der Waals surface area (Å²) in [5, 5.41) is 11.7. The minimum Gasteiger partial charge on any atom is -0.354 e. The number of aliphatic imine (C=N–C) groups is 1. The Morgan fingerprint density at radius 2 is 2.08 bits per heavy atom. The molecule has 138 valence electrons. The molecule has 0 saturated heterocycles. The molecule has 1 unspecified atom stereocenters. The first kappa shape index (κ1) is 21.7. The second-order valence-corrected chi connectivity index (χ2v) is 6.32. The fraction of sp³-hybridized carbons (Fsp3) is 0.471. The summed E-state index contributed by atoms with van der Waals surface area (Å²) in [6.45, 7) is 6.93. The molecule has 0 saturated carbocycles. The van der Waals surface area contributed by atoms with Gasteiger partial charge in [0.1, 0.15) is 5.15 Å². The monoisotopic (exact) mass is 476 g/mol. The average Bonchev–Trinajstić information content (AvgIpc) is 2.79. The second kappa shape index (κ2) is 9.96. The van der Waals surface area contributed by atoms with E-state index in [1.807, 2.05) is 17.8 Å². The van der Waals surface area contributed by atoms with Crippen LogP contribution in [-0.2, 0) is 20.0 Å². The number of halogens is 2. The van der Waals surface area contributed by atoms with E-state index in [2.05, 4.69) is 46.5 Å². The van der Waals surface area contributed by atoms with Crippen LogP contribution < -0.4 is 10.6 Å². The number of aryl methyl sites for hydroxylation is 2. The quantitative estimate of drug-likeness (QED) is 0.301. The lowest BCUT2D eigenvalue weighted by molar-refractivity contribution is 0.635. The molecule has 0 fully saturated rings. The molecule has 25 heavy (non-hydrogen) atoms. The van der Waals surface area contributed by atoms with Crippen LogP contribution in [0.1, 0.15) is 29.4 Å². The number of pyridine rings is 1. The largest absolute Gasteiger partial charge is 0.354 e. The Balaban J connectivity index is 0.00000312. The van der Waals surface area contributed by atoms with Gasteiger partial charge in [0.25, 0.3) is 0 Å². The molecule has 0 radical (unpaired) electrons. The van der Waals surface area contributed by atoms with Crippen LogP contribution in [0.2, 0.25) is 5.15 Å². The zero-order chi connectivity index (χ0) is 17.7. The fourth-order valence-electron chi connectivity index (χ4n) is 2.59. The zero-order valence-corrected chi connectivity index (χ0v) is 18.4. The molecule has 0 aliphatic rings. The van der Waals surface area contributed by atoms with Crippen molar-refractivity contribution < 1.29 is 0 Å². The maximum Gasteiger partial charge on any atom is 0.191 e. The number of aromatic nitrogens is 3. The van der Waals surface area contributed by atoms with Gasteiger partial charge in [0, 0.05) is 38.6 Å². The second-order valence-electron chi connectivity index (χ2n) is 5.94. The van der Waals surface area contributed by atoms with E-state index in [9.17, 15) is 0 Å². The van der Waals surface area contributed by atoms with Crippen LogP contribution in [0.25, 0.3) is 0 Å². The summed E-state index contributed by atoms with van der Waals surface area (Å²) in [6, 6.07) is 3.97. The van der Waals surface area contributed by atoms with Crippen LogP contribution in [0, 0.1) is 13.8 Å². The highest BCUT2D eigenvalue weighted by molar-refractivity contribution is 14.0. The van der Waals surface area contributed by atoms with Gasteiger partial charge < -0.3 is 10.6 Å². The number of rotatable bonds is 5. The Morgan fingerprint density at radius 1 is 1.36 bits per heavy atom. The van der Waals surface area contributed by atoms with Crippen molar-refractivity contribution in [2.75, 3.05) is 7.05 Å². The van der Waals surface area contributed by atoms with Gasteiger partial charge in [-0.05, 0) is 44.4 Å². The Morgan fingerprint density at radius 3 is 2.60 bits per heavy atom. The molecular weight excluding hydrogens is 451 g/mol. The number of guanidine groups is 1. The molecule has 0 aliphatic heterocycles. The Kier molecular flexibility index (Phi) is 8.64. The van der Waals surface area contributed by atoms with Crippen LogP contribution >= 0.6 is 35.6 Å². The van der Waals surface area contributed by atoms with Crippen molar-refractivity contribution in [3.63, 3.8) is 0 Å². The van der Waals surface area contributed by atoms with Gasteiger partial charge in [0.2, 0.25) is 0 Å². The Labute approximate surface area is 171 Å². The van der Waals surface area contributed by atoms with Crippen molar-refractivity contribution in [2.45, 2.75) is 39.8 Å². The van der Waals surface area contributed by atoms with Gasteiger partial charge in [-0.25, -0.2) is 4.98 Å². The van der Waals surface area contributed by atoms with Crippen LogP contribution in [0.15, 0.2) is 23.3 Å². The highest BCUT2D eigenvalue weighted by atomic mass is 127. The van der Waals surface area contributed by atoms with E-state index in [1.54, 1.807) is 19.3 Å². The van der Waals surface area contributed by atoms with Gasteiger partial charge in [-0.1, -0.05) is 17.7 Å². The highest BCUT2D eigenvalue weighted by Gasteiger charge is 2.14. The molecular formula is C17H26ClIN6. The topological polar surface area (TPSA) is 67.1 Å². The summed E-state index contributed by atoms with van der Waals surface area (Å²) in [4.78, 5) is 8.36. The predicted molar refractivity (Wildman–Crippen MR) is 114 cm³/mol. The summed E-state index contributed by atoms with van der Waals surface area (Å²) < 4.78 is 1.93. The minimum absolute atomic E-state index is 0. The molecule has 0 spiro atoms. The van der Waals surface area contributed by atoms with Crippen molar-refractivity contribution in [3.8, 4) is 0 Å². The first-order valence-electron chi connectivity index (χ1n) is 7.97. The maximum atomic E-state index is 5.80. The van der Waals surface area contributed by atoms with E-state index in [-0.39, 0.29) is 30.0 Å². The summed E-state index contributed by atoms with van der Waals surface area (Å²) in [5.74, 6) is 0.761. The van der Waals surface area contributed by atoms with Crippen LogP contribution in [-0.4, -0.2) is 33.8 Å². The lowest BCUT2D eigenvalue weighted by atomic mass is 10.1. The van der Waals surface area contributed by atoms with Crippen LogP contribution in [0.4, 0.5) is 0 Å². The average molecular weight is 477 g/mol. The van der Waals surface area contributed by atoms with E-state index in [0.717, 1.165) is 23.6 Å². The van der Waals surface area contributed by atoms with Crippen molar-refractivity contribution in [2.24, 2.45) is 12.0 Å². The zero-order valence-electron chi connectivity index (χ0n) is 15.3. The number of hydrogen-bond donors (Lipinski definition) is 2. The van der Waals surface area contributed by atoms with Gasteiger partial charge in [-0.15, -0.1) is 24.0 Å². The van der Waals surface area contributed by atoms with E-state index < -0.39 is 0 Å². The van der Waals surface area contributed by atoms with Gasteiger partial charge in [-0.3, -0.25) is 9.67 Å². The molecule has 0 bridgehead atoms. The van der Waals surface area contributed by atoms with E-state index in [4.69, 9.17) is 11.6 Å². The number of hydrogen-bond acceptors (Lipinski definition) is 3. The van der Waals surface area contributed by atoms with Crippen molar-refractivity contribution in [1.29, 1.82) is 0 Å². The normalized spacial score (nSPS) is 12.5. The summed E-state index contributed by atoms with van der Waals surface area (Å²) in [7, 11) is 3.74. The minimum atomic E-state index is 0. The fourth-order valence-corrected chi connectivity index (χ4v) is 2.71. The third-order valence-corrected chi connectivity index (χ3v) is 4.25. The van der Waals surface area contributed by atoms with Crippen molar-refractivity contribution in [3.05, 3.63) is 46.0 Å². The molecule has 1 atom stereocenters. The highest BCUT2D eigenvalue weighted by Crippen LogP contribution is 2.14. The molecule has 2 aromatic rings. The first-order chi connectivity index (χ1) is 11.4. The Bertz CT molecular complexity index is 711. The SMILES string of the molecule is CN=C(NCc1ccc(Cl)nc1)NC(C)Cc1c(C)nn(C)c1C.I. The van der Waals surface area contributed by atoms with E-state index in [1.165, 1.54) is 11.3 Å². The van der Waals surface area contributed by atoms with Crippen LogP contribution in [0.3, 0.4) is 0 Å². The summed E-state index contributed by atoms with van der Waals surface area (Å²) >= 11 is 5.80. The molecule has 0 amide bonds. The third kappa shape index (κ3) is 6.14. The Hall–Kier alpha value is -1.35. The van der Waals surface area contributed by atoms with Crippen molar-refractivity contribution in [1.82, 2.24) is 25.4 Å². The van der Waals surface area contributed by atoms with Gasteiger partial charge in [0.05, 0.1) is 5.69 Å². The van der Waals surface area contributed by atoms with Gasteiger partial charge in [-0.2, -0.15) is 5.10 Å². The third-order valence-electron chi connectivity index (χ3n) is 4.02. The van der Waals surface area contributed by atoms with Crippen molar-refractivity contribution >= 4 is 41.5 Å².